The van der Waals surface area contributed by atoms with Gasteiger partial charge in [-0.15, -0.1) is 0 Å². The molecule has 22 heavy (non-hydrogen) atoms. The van der Waals surface area contributed by atoms with Crippen LogP contribution in [0.3, 0.4) is 0 Å². The summed E-state index contributed by atoms with van der Waals surface area (Å²) in [7, 11) is -0.477. The van der Waals surface area contributed by atoms with Crippen molar-refractivity contribution in [2.75, 3.05) is 0 Å². The molecule has 0 fully saturated rings. The van der Waals surface area contributed by atoms with Crippen molar-refractivity contribution in [3.05, 3.63) is 75.2 Å². The van der Waals surface area contributed by atoms with Gasteiger partial charge in [-0.25, -0.2) is 0 Å². The summed E-state index contributed by atoms with van der Waals surface area (Å²) < 4.78 is 2.30. The molecule has 0 amide bonds. The van der Waals surface area contributed by atoms with Gasteiger partial charge in [0.2, 0.25) is 0 Å². The molecular weight excluding hydrogens is 419 g/mol. The van der Waals surface area contributed by atoms with Crippen LogP contribution in [0.5, 0.6) is 0 Å². The third-order valence-electron chi connectivity index (χ3n) is 3.98. The monoisotopic (exact) mass is 430 g/mol. The fourth-order valence-electron chi connectivity index (χ4n) is 2.94. The molecule has 0 aliphatic carbocycles. The molecule has 0 bridgehead atoms. The number of fused-ring (bicyclic) bond motifs is 3. The van der Waals surface area contributed by atoms with Crippen LogP contribution in [0.15, 0.2) is 69.6 Å². The first-order valence-electron chi connectivity index (χ1n) is 7.10. The maximum absolute atomic E-state index is 3.64. The van der Waals surface area contributed by atoms with Crippen LogP contribution in [0.25, 0.3) is 26.3 Å². The molecule has 0 unspecified atom stereocenters. The molecule has 0 atom stereocenters. The summed E-state index contributed by atoms with van der Waals surface area (Å²) in [5.74, 6) is 0. The molecule has 0 aliphatic rings. The highest BCUT2D eigenvalue weighted by atomic mass is 79.9. The lowest BCUT2D eigenvalue weighted by Crippen LogP contribution is -1.71. The van der Waals surface area contributed by atoms with Crippen LogP contribution in [0.2, 0.25) is 0 Å². The number of halogens is 2. The Labute approximate surface area is 147 Å². The van der Waals surface area contributed by atoms with E-state index in [2.05, 4.69) is 99.4 Å². The van der Waals surface area contributed by atoms with E-state index in [1.807, 2.05) is 0 Å². The Kier molecular flexibility index (Phi) is 3.64. The molecule has 0 N–H and O–H groups in total. The SMILES string of the molecule is Cc1ccc(-p2c3cc(Br)ccc3c3ccc(Br)cc32)cc1. The molecule has 0 saturated heterocycles. The van der Waals surface area contributed by atoms with Crippen LogP contribution >= 0.6 is 39.4 Å². The molecule has 0 nitrogen and oxygen atoms in total. The van der Waals surface area contributed by atoms with Gasteiger partial charge in [0, 0.05) is 19.2 Å². The molecule has 3 heteroatoms. The second kappa shape index (κ2) is 5.53. The highest BCUT2D eigenvalue weighted by Gasteiger charge is 2.14. The zero-order chi connectivity index (χ0) is 15.3. The normalized spacial score (nSPS) is 11.4. The van der Waals surface area contributed by atoms with Crippen LogP contribution in [-0.2, 0) is 0 Å². The number of rotatable bonds is 1. The summed E-state index contributed by atoms with van der Waals surface area (Å²) in [6.45, 7) is 2.14. The van der Waals surface area contributed by atoms with Crippen molar-refractivity contribution < 1.29 is 0 Å². The molecule has 0 spiro atoms. The molecular formula is C19H13Br2P. The van der Waals surface area contributed by atoms with E-state index in [1.54, 1.807) is 0 Å². The van der Waals surface area contributed by atoms with Gasteiger partial charge in [-0.2, -0.15) is 0 Å². The first-order chi connectivity index (χ1) is 10.6. The van der Waals surface area contributed by atoms with Crippen LogP contribution in [0.1, 0.15) is 5.56 Å². The van der Waals surface area contributed by atoms with Gasteiger partial charge in [-0.05, 0) is 47.3 Å². The highest BCUT2D eigenvalue weighted by molar-refractivity contribution is 9.10. The summed E-state index contributed by atoms with van der Waals surface area (Å²) >= 11 is 7.27. The summed E-state index contributed by atoms with van der Waals surface area (Å²) in [4.78, 5) is 0. The van der Waals surface area contributed by atoms with E-state index in [1.165, 1.54) is 31.9 Å². The van der Waals surface area contributed by atoms with Gasteiger partial charge in [0.25, 0.3) is 0 Å². The lowest BCUT2D eigenvalue weighted by molar-refractivity contribution is 1.49. The molecule has 108 valence electrons. The van der Waals surface area contributed by atoms with Gasteiger partial charge < -0.3 is 0 Å². The summed E-state index contributed by atoms with van der Waals surface area (Å²) in [5.41, 5.74) is 1.31. The third kappa shape index (κ3) is 2.34. The van der Waals surface area contributed by atoms with E-state index in [-0.39, 0.29) is 0 Å². The van der Waals surface area contributed by atoms with Gasteiger partial charge in [-0.3, -0.25) is 0 Å². The van der Waals surface area contributed by atoms with Crippen molar-refractivity contribution in [3.8, 4) is 5.30 Å². The Morgan fingerprint density at radius 3 is 1.68 bits per heavy atom. The van der Waals surface area contributed by atoms with Crippen LogP contribution in [-0.4, -0.2) is 0 Å². The Balaban J connectivity index is 2.19. The number of aryl methyl sites for hydroxylation is 1. The first kappa shape index (κ1) is 14.5. The maximum Gasteiger partial charge on any atom is 0.0185 e. The standard InChI is InChI=1S/C19H13Br2P/c1-12-2-6-15(7-3-12)22-18-10-13(20)4-8-16(18)17-9-5-14(21)11-19(17)22/h2-11H,1H3. The molecule has 3 aromatic carbocycles. The summed E-state index contributed by atoms with van der Waals surface area (Å²) in [5, 5.41) is 7.05. The van der Waals surface area contributed by atoms with Gasteiger partial charge in [0.15, 0.2) is 0 Å². The number of hydrogen-bond acceptors (Lipinski definition) is 0. The molecule has 0 saturated carbocycles. The van der Waals surface area contributed by atoms with Crippen molar-refractivity contribution in [1.82, 2.24) is 0 Å². The van der Waals surface area contributed by atoms with Gasteiger partial charge in [-0.1, -0.05) is 81.4 Å². The molecule has 1 aromatic heterocycles. The highest BCUT2D eigenvalue weighted by Crippen LogP contribution is 2.55. The fourth-order valence-corrected chi connectivity index (χ4v) is 6.68. The summed E-state index contributed by atoms with van der Waals surface area (Å²) in [6, 6.07) is 22.3. The molecule has 4 aromatic rings. The Hall–Kier alpha value is -1.08. The van der Waals surface area contributed by atoms with Crippen LogP contribution in [0.4, 0.5) is 0 Å². The van der Waals surface area contributed by atoms with E-state index in [0.29, 0.717) is 0 Å². The minimum absolute atomic E-state index is 0.477. The molecule has 4 rings (SSSR count). The average Bonchev–Trinajstić information content (AvgIpc) is 2.80. The second-order valence-corrected chi connectivity index (χ2v) is 9.48. The molecule has 0 aliphatic heterocycles. The largest absolute Gasteiger partial charge is 0.0771 e. The van der Waals surface area contributed by atoms with E-state index in [0.717, 1.165) is 8.95 Å². The van der Waals surface area contributed by atoms with E-state index in [9.17, 15) is 0 Å². The Bertz CT molecular complexity index is 938. The van der Waals surface area contributed by atoms with E-state index < -0.39 is 7.53 Å². The Morgan fingerprint density at radius 2 is 1.18 bits per heavy atom. The fraction of sp³-hybridized carbons (Fsp3) is 0.0526. The number of hydrogen-bond donors (Lipinski definition) is 0. The predicted octanol–water partition coefficient (Wildman–Crippen LogP) is 7.80. The van der Waals surface area contributed by atoms with Crippen LogP contribution in [0, 0.1) is 6.92 Å². The van der Waals surface area contributed by atoms with Crippen molar-refractivity contribution >= 4 is 60.4 Å². The van der Waals surface area contributed by atoms with Gasteiger partial charge >= 0.3 is 0 Å². The first-order valence-corrected chi connectivity index (χ1v) is 10.0. The van der Waals surface area contributed by atoms with Crippen molar-refractivity contribution in [3.63, 3.8) is 0 Å². The van der Waals surface area contributed by atoms with Crippen LogP contribution < -0.4 is 0 Å². The van der Waals surface area contributed by atoms with Crippen molar-refractivity contribution in [1.29, 1.82) is 0 Å². The lowest BCUT2D eigenvalue weighted by Gasteiger charge is -2.05. The average molecular weight is 432 g/mol. The van der Waals surface area contributed by atoms with E-state index in [4.69, 9.17) is 0 Å². The zero-order valence-corrected chi connectivity index (χ0v) is 16.0. The minimum atomic E-state index is -0.477. The maximum atomic E-state index is 3.64. The third-order valence-corrected chi connectivity index (χ3v) is 7.49. The Morgan fingerprint density at radius 1 is 0.682 bits per heavy atom. The molecule has 1 heterocycles. The quantitative estimate of drug-likeness (QED) is 0.288. The van der Waals surface area contributed by atoms with Gasteiger partial charge in [0.1, 0.15) is 0 Å². The second-order valence-electron chi connectivity index (χ2n) is 5.49. The van der Waals surface area contributed by atoms with E-state index >= 15 is 0 Å². The van der Waals surface area contributed by atoms with Gasteiger partial charge in [0.05, 0.1) is 0 Å². The summed E-state index contributed by atoms with van der Waals surface area (Å²) in [6.07, 6.45) is 0. The predicted molar refractivity (Wildman–Crippen MR) is 106 cm³/mol. The number of benzene rings is 3. The topological polar surface area (TPSA) is 0 Å². The zero-order valence-electron chi connectivity index (χ0n) is 12.0. The van der Waals surface area contributed by atoms with Crippen molar-refractivity contribution in [2.45, 2.75) is 6.92 Å². The lowest BCUT2D eigenvalue weighted by atomic mass is 10.2. The van der Waals surface area contributed by atoms with Crippen molar-refractivity contribution in [2.24, 2.45) is 0 Å². The minimum Gasteiger partial charge on any atom is -0.0771 e. The smallest absolute Gasteiger partial charge is 0.0185 e. The molecule has 0 radical (unpaired) electrons.